The van der Waals surface area contributed by atoms with Gasteiger partial charge in [0.05, 0.1) is 24.6 Å². The lowest BCUT2D eigenvalue weighted by atomic mass is 9.54. The molecule has 3 aromatic rings. The Labute approximate surface area is 287 Å². The summed E-state index contributed by atoms with van der Waals surface area (Å²) in [5.41, 5.74) is -2.35. The van der Waals surface area contributed by atoms with Crippen molar-refractivity contribution >= 4 is 41.6 Å². The number of carbonyl (C=O) groups excluding carboxylic acids is 3. The Hall–Kier alpha value is -3.39. The fourth-order valence-electron chi connectivity index (χ4n) is 7.46. The molecule has 0 amide bonds. The lowest BCUT2D eigenvalue weighted by molar-refractivity contribution is -0.151. The van der Waals surface area contributed by atoms with E-state index < -0.39 is 71.5 Å². The number of halogens is 2. The minimum absolute atomic E-state index is 0.0135. The Kier molecular flexibility index (Phi) is 8.54. The third kappa shape index (κ3) is 4.99. The molecule has 0 bridgehead atoms. The van der Waals surface area contributed by atoms with Crippen molar-refractivity contribution in [3.05, 3.63) is 79.0 Å². The first-order valence-corrected chi connectivity index (χ1v) is 19.6. The van der Waals surface area contributed by atoms with E-state index in [4.69, 9.17) is 18.4 Å². The lowest BCUT2D eigenvalue weighted by Gasteiger charge is -2.56. The second kappa shape index (κ2) is 11.9. The zero-order valence-corrected chi connectivity index (χ0v) is 30.9. The Morgan fingerprint density at radius 1 is 1.08 bits per heavy atom. The number of fused-ring (bicyclic) bond motifs is 4. The maximum absolute atomic E-state index is 16.2. The maximum Gasteiger partial charge on any atom is 0.291 e. The molecule has 1 N–H and O–H groups in total. The standard InChI is InChI=1S/C35H40BrFN2O8Si/c1-34(2,3)48(7,8)47-35-20(26(39(4)5)29-23(32(35)42)33(43)38-46-29)15-18-14-19-22(27(40)21(18)31(35)41)28(24(36)30(44-6)25(19)37)45-16-17-12-10-9-11-13-17/h9-13,18,20-21,26H,14-16H2,1-8H3,(H,38,43)/t18-,20-,21?,26-,35-/m0/s1. The maximum atomic E-state index is 16.2. The first-order valence-electron chi connectivity index (χ1n) is 15.9. The minimum atomic E-state index is -2.94. The highest BCUT2D eigenvalue weighted by Gasteiger charge is 2.70. The third-order valence-corrected chi connectivity index (χ3v) is 15.9. The number of aromatic nitrogens is 1. The van der Waals surface area contributed by atoms with Crippen molar-refractivity contribution < 1.29 is 37.2 Å². The van der Waals surface area contributed by atoms with Crippen LogP contribution in [0.4, 0.5) is 4.39 Å². The molecule has 256 valence electrons. The number of rotatable bonds is 7. The van der Waals surface area contributed by atoms with Gasteiger partial charge in [-0.2, -0.15) is 5.16 Å². The molecular formula is C35H40BrFN2O8Si. The van der Waals surface area contributed by atoms with Crippen LogP contribution in [-0.2, 0) is 22.2 Å². The number of methoxy groups -OCH3 is 1. The van der Waals surface area contributed by atoms with E-state index in [2.05, 4.69) is 21.1 Å². The van der Waals surface area contributed by atoms with Crippen molar-refractivity contribution in [3.8, 4) is 11.5 Å². The van der Waals surface area contributed by atoms with Gasteiger partial charge in [-0.3, -0.25) is 24.1 Å². The van der Waals surface area contributed by atoms with E-state index >= 15 is 9.18 Å². The molecule has 1 fully saturated rings. The van der Waals surface area contributed by atoms with Crippen LogP contribution in [0.3, 0.4) is 0 Å². The van der Waals surface area contributed by atoms with E-state index in [1.807, 2.05) is 64.2 Å². The molecule has 0 aliphatic heterocycles. The minimum Gasteiger partial charge on any atom is -0.492 e. The van der Waals surface area contributed by atoms with Crippen LogP contribution in [0.5, 0.6) is 11.5 Å². The zero-order chi connectivity index (χ0) is 35.1. The van der Waals surface area contributed by atoms with Crippen LogP contribution in [0.2, 0.25) is 18.1 Å². The molecule has 2 aromatic carbocycles. The first-order chi connectivity index (χ1) is 22.5. The number of aromatic amines is 1. The highest BCUT2D eigenvalue weighted by molar-refractivity contribution is 9.10. The summed E-state index contributed by atoms with van der Waals surface area (Å²) in [6, 6.07) is 8.55. The molecule has 5 atom stereocenters. The molecule has 6 rings (SSSR count). The second-order valence-corrected chi connectivity index (χ2v) is 20.3. The van der Waals surface area contributed by atoms with E-state index in [1.54, 1.807) is 19.0 Å². The molecule has 0 spiro atoms. The van der Waals surface area contributed by atoms with Crippen molar-refractivity contribution in [2.24, 2.45) is 17.8 Å². The number of hydrogen-bond acceptors (Lipinski definition) is 9. The van der Waals surface area contributed by atoms with Crippen LogP contribution < -0.4 is 15.0 Å². The van der Waals surface area contributed by atoms with Gasteiger partial charge in [0, 0.05) is 11.5 Å². The molecule has 1 unspecified atom stereocenters. The van der Waals surface area contributed by atoms with Gasteiger partial charge in [-0.25, -0.2) is 4.39 Å². The molecule has 1 heterocycles. The average Bonchev–Trinajstić information content (AvgIpc) is 3.39. The highest BCUT2D eigenvalue weighted by Crippen LogP contribution is 2.58. The highest BCUT2D eigenvalue weighted by atomic mass is 79.9. The Balaban J connectivity index is 1.56. The van der Waals surface area contributed by atoms with Gasteiger partial charge in [-0.15, -0.1) is 0 Å². The quantitative estimate of drug-likeness (QED) is 0.220. The van der Waals surface area contributed by atoms with Gasteiger partial charge in [-0.05, 0) is 72.5 Å². The molecular weight excluding hydrogens is 703 g/mol. The summed E-state index contributed by atoms with van der Waals surface area (Å²) in [6.07, 6.45) is 0.163. The van der Waals surface area contributed by atoms with Crippen molar-refractivity contribution in [3.63, 3.8) is 0 Å². The van der Waals surface area contributed by atoms with Gasteiger partial charge in [0.25, 0.3) is 5.56 Å². The van der Waals surface area contributed by atoms with Crippen molar-refractivity contribution in [2.45, 2.75) is 70.0 Å². The van der Waals surface area contributed by atoms with Gasteiger partial charge < -0.3 is 18.4 Å². The summed E-state index contributed by atoms with van der Waals surface area (Å²) >= 11 is 3.40. The van der Waals surface area contributed by atoms with E-state index in [0.717, 1.165) is 5.56 Å². The largest absolute Gasteiger partial charge is 0.492 e. The summed E-state index contributed by atoms with van der Waals surface area (Å²) in [6.45, 7) is 9.88. The molecule has 3 aliphatic carbocycles. The van der Waals surface area contributed by atoms with Gasteiger partial charge >= 0.3 is 0 Å². The topological polar surface area (TPSA) is 128 Å². The normalized spacial score (nSPS) is 25.4. The van der Waals surface area contributed by atoms with Gasteiger partial charge in [0.15, 0.2) is 42.8 Å². The lowest BCUT2D eigenvalue weighted by Crippen LogP contribution is -2.71. The van der Waals surface area contributed by atoms with E-state index in [-0.39, 0.29) is 57.9 Å². The fraction of sp³-hybridized carbons (Fsp3) is 0.486. The van der Waals surface area contributed by atoms with Crippen molar-refractivity contribution in [1.82, 2.24) is 10.1 Å². The number of benzene rings is 2. The number of nitrogens with one attached hydrogen (secondary N) is 1. The molecule has 0 radical (unpaired) electrons. The number of ether oxygens (including phenoxy) is 2. The predicted molar refractivity (Wildman–Crippen MR) is 181 cm³/mol. The number of ketones is 3. The van der Waals surface area contributed by atoms with Crippen LogP contribution in [0.25, 0.3) is 0 Å². The Morgan fingerprint density at radius 3 is 2.35 bits per heavy atom. The predicted octanol–water partition coefficient (Wildman–Crippen LogP) is 6.28. The number of Topliss-reactive ketones (excluding diaryl/α,β-unsaturated/α-hetero) is 3. The SMILES string of the molecule is COc1c(F)c2c(c(OCc3ccccc3)c1Br)C(=O)C1C(=O)[C@]3(O[Si](C)(C)C(C)(C)C)C(=O)c4c(o[nH]c4=O)[C@@H](N(C)C)[C@@H]3C[C@@H]1C2. The summed E-state index contributed by atoms with van der Waals surface area (Å²) in [5, 5.41) is 1.85. The summed E-state index contributed by atoms with van der Waals surface area (Å²) in [7, 11) is 1.93. The molecule has 1 aromatic heterocycles. The van der Waals surface area contributed by atoms with Gasteiger partial charge in [0.2, 0.25) is 5.78 Å². The van der Waals surface area contributed by atoms with E-state index in [1.165, 1.54) is 7.11 Å². The summed E-state index contributed by atoms with van der Waals surface area (Å²) in [4.78, 5) is 59.7. The summed E-state index contributed by atoms with van der Waals surface area (Å²) in [5.74, 6) is -5.69. The van der Waals surface area contributed by atoms with Crippen molar-refractivity contribution in [1.29, 1.82) is 0 Å². The summed E-state index contributed by atoms with van der Waals surface area (Å²) < 4.78 is 40.5. The van der Waals surface area contributed by atoms with Gasteiger partial charge in [-0.1, -0.05) is 51.1 Å². The van der Waals surface area contributed by atoms with Crippen LogP contribution in [-0.4, -0.2) is 62.5 Å². The van der Waals surface area contributed by atoms with Crippen LogP contribution in [0, 0.1) is 23.6 Å². The van der Waals surface area contributed by atoms with E-state index in [9.17, 15) is 14.4 Å². The average molecular weight is 744 g/mol. The Bertz CT molecular complexity index is 1880. The Morgan fingerprint density at radius 2 is 1.75 bits per heavy atom. The molecule has 13 heteroatoms. The molecule has 48 heavy (non-hydrogen) atoms. The van der Waals surface area contributed by atoms with Gasteiger partial charge in [0.1, 0.15) is 22.4 Å². The zero-order valence-electron chi connectivity index (χ0n) is 28.3. The first kappa shape index (κ1) is 34.5. The van der Waals surface area contributed by atoms with Crippen LogP contribution in [0.15, 0.2) is 44.1 Å². The van der Waals surface area contributed by atoms with Crippen molar-refractivity contribution in [2.75, 3.05) is 21.2 Å². The third-order valence-electron chi connectivity index (χ3n) is 10.7. The fourth-order valence-corrected chi connectivity index (χ4v) is 9.56. The molecule has 3 aliphatic rings. The number of hydrogen-bond donors (Lipinski definition) is 1. The molecule has 10 nitrogen and oxygen atoms in total. The second-order valence-electron chi connectivity index (χ2n) is 14.7. The number of nitrogens with zero attached hydrogens (tertiary/aromatic N) is 1. The number of H-pyrrole nitrogens is 1. The van der Waals surface area contributed by atoms with Crippen LogP contribution >= 0.6 is 15.9 Å². The monoisotopic (exact) mass is 742 g/mol. The van der Waals surface area contributed by atoms with Crippen LogP contribution in [0.1, 0.15) is 70.8 Å². The molecule has 1 saturated carbocycles. The molecule has 0 saturated heterocycles. The van der Waals surface area contributed by atoms with E-state index in [0.29, 0.717) is 0 Å². The number of carbonyl (C=O) groups is 3. The smallest absolute Gasteiger partial charge is 0.291 e.